The lowest BCUT2D eigenvalue weighted by Gasteiger charge is -2.20. The van der Waals surface area contributed by atoms with E-state index in [9.17, 15) is 4.79 Å². The van der Waals surface area contributed by atoms with Gasteiger partial charge in [0.1, 0.15) is 5.82 Å². The number of anilines is 1. The number of carbonyl (C=O) groups excluding carboxylic acids is 1. The summed E-state index contributed by atoms with van der Waals surface area (Å²) in [6.45, 7) is 10.2. The Hall–Kier alpha value is -2.76. The molecule has 1 aliphatic rings. The minimum atomic E-state index is -0.215. The number of fused-ring (bicyclic) bond motifs is 1. The standard InChI is InChI=1S/C21H25N5O/c1-12-7-6-10-22-18(12)24-20(27)15-11-16(14-8-9-14)23-19-17(15)13(2)25-26(19)21(3,4)5/h6-7,10-11,14H,8-9H2,1-5H3,(H,22,24,27). The van der Waals surface area contributed by atoms with Crippen molar-refractivity contribution in [2.75, 3.05) is 5.32 Å². The van der Waals surface area contributed by atoms with Gasteiger partial charge in [0.2, 0.25) is 0 Å². The van der Waals surface area contributed by atoms with E-state index in [1.165, 1.54) is 0 Å². The highest BCUT2D eigenvalue weighted by atomic mass is 16.1. The van der Waals surface area contributed by atoms with Gasteiger partial charge in [-0.2, -0.15) is 5.10 Å². The Balaban J connectivity index is 1.87. The average Bonchev–Trinajstić information content (AvgIpc) is 3.39. The first-order valence-electron chi connectivity index (χ1n) is 9.39. The molecule has 0 unspecified atom stereocenters. The fourth-order valence-corrected chi connectivity index (χ4v) is 3.33. The van der Waals surface area contributed by atoms with Crippen LogP contribution in [0, 0.1) is 13.8 Å². The summed E-state index contributed by atoms with van der Waals surface area (Å²) in [6, 6.07) is 5.73. The van der Waals surface area contributed by atoms with Crippen molar-refractivity contribution in [1.82, 2.24) is 19.7 Å². The third kappa shape index (κ3) is 3.20. The summed E-state index contributed by atoms with van der Waals surface area (Å²) >= 11 is 0. The fraction of sp³-hybridized carbons (Fsp3) is 0.429. The van der Waals surface area contributed by atoms with Crippen LogP contribution in [0.5, 0.6) is 0 Å². The first-order valence-corrected chi connectivity index (χ1v) is 9.39. The first kappa shape index (κ1) is 17.6. The molecule has 6 heteroatoms. The predicted octanol–water partition coefficient (Wildman–Crippen LogP) is 4.33. The van der Waals surface area contributed by atoms with Crippen LogP contribution in [-0.2, 0) is 5.54 Å². The summed E-state index contributed by atoms with van der Waals surface area (Å²) in [5, 5.41) is 8.49. The van der Waals surface area contributed by atoms with Gasteiger partial charge in [-0.1, -0.05) is 6.07 Å². The second-order valence-electron chi connectivity index (χ2n) is 8.36. The van der Waals surface area contributed by atoms with Gasteiger partial charge in [0.05, 0.1) is 22.2 Å². The molecule has 27 heavy (non-hydrogen) atoms. The van der Waals surface area contributed by atoms with E-state index in [2.05, 4.69) is 31.1 Å². The number of rotatable bonds is 3. The molecule has 0 bridgehead atoms. The Morgan fingerprint density at radius 1 is 1.26 bits per heavy atom. The normalized spacial score (nSPS) is 14.6. The zero-order valence-electron chi connectivity index (χ0n) is 16.5. The number of nitrogens with zero attached hydrogens (tertiary/aromatic N) is 4. The highest BCUT2D eigenvalue weighted by Crippen LogP contribution is 2.41. The third-order valence-corrected chi connectivity index (χ3v) is 4.95. The van der Waals surface area contributed by atoms with Crippen LogP contribution in [0.15, 0.2) is 24.4 Å². The number of aryl methyl sites for hydroxylation is 2. The highest BCUT2D eigenvalue weighted by molar-refractivity contribution is 6.12. The van der Waals surface area contributed by atoms with E-state index in [4.69, 9.17) is 10.1 Å². The Kier molecular flexibility index (Phi) is 4.02. The van der Waals surface area contributed by atoms with E-state index < -0.39 is 0 Å². The van der Waals surface area contributed by atoms with E-state index in [1.54, 1.807) is 6.20 Å². The lowest BCUT2D eigenvalue weighted by atomic mass is 10.1. The summed E-state index contributed by atoms with van der Waals surface area (Å²) in [6.07, 6.45) is 3.94. The quantitative estimate of drug-likeness (QED) is 0.752. The van der Waals surface area contributed by atoms with Gasteiger partial charge in [-0.05, 0) is 65.2 Å². The van der Waals surface area contributed by atoms with Gasteiger partial charge in [0.15, 0.2) is 5.65 Å². The minimum Gasteiger partial charge on any atom is -0.306 e. The summed E-state index contributed by atoms with van der Waals surface area (Å²) in [5.41, 5.74) is 3.92. The van der Waals surface area contributed by atoms with Crippen LogP contribution in [0.2, 0.25) is 0 Å². The number of carbonyl (C=O) groups is 1. The zero-order chi connectivity index (χ0) is 19.3. The highest BCUT2D eigenvalue weighted by Gasteiger charge is 2.30. The summed E-state index contributed by atoms with van der Waals surface area (Å²) in [4.78, 5) is 22.4. The van der Waals surface area contributed by atoms with E-state index in [0.29, 0.717) is 17.3 Å². The van der Waals surface area contributed by atoms with Gasteiger partial charge in [-0.15, -0.1) is 0 Å². The van der Waals surface area contributed by atoms with Gasteiger partial charge >= 0.3 is 0 Å². The molecule has 0 saturated heterocycles. The third-order valence-electron chi connectivity index (χ3n) is 4.95. The molecule has 0 aromatic carbocycles. The molecule has 0 spiro atoms. The minimum absolute atomic E-state index is 0.164. The maximum absolute atomic E-state index is 13.2. The van der Waals surface area contributed by atoms with Crippen LogP contribution in [-0.4, -0.2) is 25.7 Å². The first-order chi connectivity index (χ1) is 12.8. The summed E-state index contributed by atoms with van der Waals surface area (Å²) in [7, 11) is 0. The molecular formula is C21H25N5O. The van der Waals surface area contributed by atoms with Gasteiger partial charge in [0.25, 0.3) is 5.91 Å². The molecule has 3 heterocycles. The molecule has 4 rings (SSSR count). The number of hydrogen-bond acceptors (Lipinski definition) is 4. The van der Waals surface area contributed by atoms with Gasteiger partial charge in [-0.25, -0.2) is 14.6 Å². The Labute approximate surface area is 159 Å². The van der Waals surface area contributed by atoms with Gasteiger partial charge in [0, 0.05) is 17.8 Å². The number of pyridine rings is 2. The van der Waals surface area contributed by atoms with E-state index in [-0.39, 0.29) is 11.4 Å². The average molecular weight is 363 g/mol. The van der Waals surface area contributed by atoms with Crippen LogP contribution in [0.1, 0.15) is 66.8 Å². The molecule has 3 aromatic rings. The maximum atomic E-state index is 13.2. The van der Waals surface area contributed by atoms with Crippen LogP contribution >= 0.6 is 0 Å². The van der Waals surface area contributed by atoms with Crippen molar-refractivity contribution >= 4 is 22.8 Å². The smallest absolute Gasteiger partial charge is 0.257 e. The van der Waals surface area contributed by atoms with Crippen LogP contribution in [0.25, 0.3) is 11.0 Å². The van der Waals surface area contributed by atoms with E-state index in [0.717, 1.165) is 40.8 Å². The van der Waals surface area contributed by atoms with E-state index >= 15 is 0 Å². The van der Waals surface area contributed by atoms with E-state index in [1.807, 2.05) is 36.7 Å². The van der Waals surface area contributed by atoms with Crippen molar-refractivity contribution in [2.24, 2.45) is 0 Å². The SMILES string of the molecule is Cc1cccnc1NC(=O)c1cc(C2CC2)nc2c1c(C)nn2C(C)(C)C. The molecule has 0 radical (unpaired) electrons. The lowest BCUT2D eigenvalue weighted by Crippen LogP contribution is -2.24. The molecule has 0 atom stereocenters. The van der Waals surface area contributed by atoms with Crippen molar-refractivity contribution in [1.29, 1.82) is 0 Å². The monoisotopic (exact) mass is 363 g/mol. The predicted molar refractivity (Wildman–Crippen MR) is 106 cm³/mol. The molecule has 6 nitrogen and oxygen atoms in total. The number of aromatic nitrogens is 4. The number of hydrogen-bond donors (Lipinski definition) is 1. The largest absolute Gasteiger partial charge is 0.306 e. The lowest BCUT2D eigenvalue weighted by molar-refractivity contribution is 0.102. The molecule has 1 saturated carbocycles. The fourth-order valence-electron chi connectivity index (χ4n) is 3.33. The van der Waals surface area contributed by atoms with Crippen LogP contribution in [0.3, 0.4) is 0 Å². The molecule has 1 aliphatic carbocycles. The second kappa shape index (κ2) is 6.15. The van der Waals surface area contributed by atoms with Gasteiger partial charge < -0.3 is 5.32 Å². The Bertz CT molecular complexity index is 1040. The van der Waals surface area contributed by atoms with Crippen molar-refractivity contribution < 1.29 is 4.79 Å². The molecule has 140 valence electrons. The molecule has 0 aliphatic heterocycles. The second-order valence-corrected chi connectivity index (χ2v) is 8.36. The van der Waals surface area contributed by atoms with Crippen LogP contribution in [0.4, 0.5) is 5.82 Å². The van der Waals surface area contributed by atoms with Crippen LogP contribution < -0.4 is 5.32 Å². The molecular weight excluding hydrogens is 338 g/mol. The Morgan fingerprint density at radius 2 is 2.00 bits per heavy atom. The molecule has 3 aromatic heterocycles. The molecule has 1 amide bonds. The van der Waals surface area contributed by atoms with Crippen molar-refractivity contribution in [3.8, 4) is 0 Å². The number of amides is 1. The maximum Gasteiger partial charge on any atom is 0.257 e. The number of nitrogens with one attached hydrogen (secondary N) is 1. The van der Waals surface area contributed by atoms with Crippen molar-refractivity contribution in [3.63, 3.8) is 0 Å². The molecule has 1 N–H and O–H groups in total. The zero-order valence-corrected chi connectivity index (χ0v) is 16.5. The van der Waals surface area contributed by atoms with Gasteiger partial charge in [-0.3, -0.25) is 4.79 Å². The molecule has 1 fully saturated rings. The Morgan fingerprint density at radius 3 is 2.63 bits per heavy atom. The van der Waals surface area contributed by atoms with Crippen molar-refractivity contribution in [2.45, 2.75) is 58.9 Å². The van der Waals surface area contributed by atoms with Crippen molar-refractivity contribution in [3.05, 3.63) is 46.9 Å². The summed E-state index contributed by atoms with van der Waals surface area (Å²) < 4.78 is 1.94. The topological polar surface area (TPSA) is 72.7 Å². The summed E-state index contributed by atoms with van der Waals surface area (Å²) in [5.74, 6) is 0.866.